The Morgan fingerprint density at radius 2 is 1.93 bits per heavy atom. The molecule has 0 saturated carbocycles. The van der Waals surface area contributed by atoms with Crippen molar-refractivity contribution in [2.24, 2.45) is 0 Å². The molecule has 3 nitrogen and oxygen atoms in total. The average Bonchev–Trinajstić information content (AvgIpc) is 2.20. The predicted molar refractivity (Wildman–Crippen MR) is 63.1 cm³/mol. The van der Waals surface area contributed by atoms with Crippen LogP contribution in [0.2, 0.25) is 0 Å². The fourth-order valence-corrected chi connectivity index (χ4v) is 2.40. The molecular formula is C10H21BrN2O. The zero-order chi connectivity index (χ0) is 10.4. The maximum atomic E-state index is 5.17. The molecule has 1 rings (SSSR count). The van der Waals surface area contributed by atoms with E-state index in [9.17, 15) is 0 Å². The third-order valence-electron chi connectivity index (χ3n) is 2.84. The zero-order valence-electron chi connectivity index (χ0n) is 9.21. The average molecular weight is 265 g/mol. The maximum Gasteiger partial charge on any atom is 0.0615 e. The van der Waals surface area contributed by atoms with Crippen LogP contribution in [0, 0.1) is 0 Å². The Bertz CT molecular complexity index is 149. The van der Waals surface area contributed by atoms with Crippen molar-refractivity contribution in [1.82, 2.24) is 9.80 Å². The summed E-state index contributed by atoms with van der Waals surface area (Å²) in [6, 6.07) is 0.561. The van der Waals surface area contributed by atoms with Crippen LogP contribution in [0.4, 0.5) is 0 Å². The van der Waals surface area contributed by atoms with Crippen molar-refractivity contribution in [3.05, 3.63) is 0 Å². The van der Waals surface area contributed by atoms with Crippen LogP contribution < -0.4 is 0 Å². The van der Waals surface area contributed by atoms with Gasteiger partial charge in [-0.25, -0.2) is 0 Å². The molecule has 0 bridgehead atoms. The first kappa shape index (κ1) is 12.4. The van der Waals surface area contributed by atoms with Crippen molar-refractivity contribution in [1.29, 1.82) is 0 Å². The largest absolute Gasteiger partial charge is 0.383 e. The second-order valence-electron chi connectivity index (χ2n) is 3.87. The molecule has 1 unspecified atom stereocenters. The van der Waals surface area contributed by atoms with Gasteiger partial charge in [-0.2, -0.15) is 0 Å². The van der Waals surface area contributed by atoms with Gasteiger partial charge < -0.3 is 4.74 Å². The van der Waals surface area contributed by atoms with Crippen LogP contribution in [0.1, 0.15) is 6.92 Å². The number of nitrogens with zero attached hydrogens (tertiary/aromatic N) is 2. The Labute approximate surface area is 95.5 Å². The Balaban J connectivity index is 2.21. The molecule has 0 amide bonds. The van der Waals surface area contributed by atoms with E-state index in [1.807, 2.05) is 0 Å². The molecule has 0 aromatic rings. The first-order valence-corrected chi connectivity index (χ1v) is 6.41. The monoisotopic (exact) mass is 264 g/mol. The summed E-state index contributed by atoms with van der Waals surface area (Å²) in [7, 11) is 1.78. The molecular weight excluding hydrogens is 244 g/mol. The van der Waals surface area contributed by atoms with Crippen molar-refractivity contribution >= 4 is 15.9 Å². The fourth-order valence-electron chi connectivity index (χ4n) is 1.89. The first-order chi connectivity index (χ1) is 6.77. The normalized spacial score (nSPS) is 22.5. The minimum Gasteiger partial charge on any atom is -0.383 e. The van der Waals surface area contributed by atoms with E-state index in [2.05, 4.69) is 32.7 Å². The van der Waals surface area contributed by atoms with Crippen LogP contribution in [0.25, 0.3) is 0 Å². The lowest BCUT2D eigenvalue weighted by Gasteiger charge is -2.37. The second kappa shape index (κ2) is 6.77. The van der Waals surface area contributed by atoms with Gasteiger partial charge in [-0.3, -0.25) is 9.80 Å². The zero-order valence-corrected chi connectivity index (χ0v) is 10.8. The van der Waals surface area contributed by atoms with Crippen LogP contribution in [-0.4, -0.2) is 67.6 Å². The van der Waals surface area contributed by atoms with E-state index in [1.165, 1.54) is 32.7 Å². The van der Waals surface area contributed by atoms with Crippen molar-refractivity contribution < 1.29 is 4.74 Å². The van der Waals surface area contributed by atoms with Gasteiger partial charge in [0.15, 0.2) is 0 Å². The van der Waals surface area contributed by atoms with Crippen molar-refractivity contribution in [3.8, 4) is 0 Å². The van der Waals surface area contributed by atoms with E-state index >= 15 is 0 Å². The van der Waals surface area contributed by atoms with Gasteiger partial charge in [-0.15, -0.1) is 0 Å². The molecule has 1 aliphatic rings. The lowest BCUT2D eigenvalue weighted by atomic mass is 10.2. The van der Waals surface area contributed by atoms with Gasteiger partial charge in [-0.1, -0.05) is 15.9 Å². The summed E-state index contributed by atoms with van der Waals surface area (Å²) in [6.07, 6.45) is 0. The van der Waals surface area contributed by atoms with E-state index < -0.39 is 0 Å². The number of alkyl halides is 1. The molecule has 14 heavy (non-hydrogen) atoms. The predicted octanol–water partition coefficient (Wildman–Crippen LogP) is 1.03. The highest BCUT2D eigenvalue weighted by Crippen LogP contribution is 2.06. The van der Waals surface area contributed by atoms with Crippen LogP contribution in [0.15, 0.2) is 0 Å². The molecule has 1 fully saturated rings. The summed E-state index contributed by atoms with van der Waals surface area (Å²) in [4.78, 5) is 5.01. The summed E-state index contributed by atoms with van der Waals surface area (Å²) >= 11 is 3.48. The van der Waals surface area contributed by atoms with Gasteiger partial charge >= 0.3 is 0 Å². The SMILES string of the molecule is COCC(C)N1CCN(CCBr)CC1. The highest BCUT2D eigenvalue weighted by molar-refractivity contribution is 9.09. The van der Waals surface area contributed by atoms with Crippen LogP contribution in [0.5, 0.6) is 0 Å². The van der Waals surface area contributed by atoms with E-state index in [1.54, 1.807) is 7.11 Å². The summed E-state index contributed by atoms with van der Waals surface area (Å²) in [5.74, 6) is 0. The summed E-state index contributed by atoms with van der Waals surface area (Å²) in [6.45, 7) is 9.00. The number of methoxy groups -OCH3 is 1. The molecule has 0 spiro atoms. The standard InChI is InChI=1S/C10H21BrN2O/c1-10(9-14-2)13-7-5-12(4-3-11)6-8-13/h10H,3-9H2,1-2H3. The lowest BCUT2D eigenvalue weighted by Crippen LogP contribution is -2.50. The topological polar surface area (TPSA) is 15.7 Å². The van der Waals surface area contributed by atoms with E-state index in [4.69, 9.17) is 4.74 Å². The number of hydrogen-bond acceptors (Lipinski definition) is 3. The number of halogens is 1. The molecule has 0 aromatic carbocycles. The maximum absolute atomic E-state index is 5.17. The summed E-state index contributed by atoms with van der Waals surface area (Å²) in [5, 5.41) is 1.08. The Morgan fingerprint density at radius 3 is 2.43 bits per heavy atom. The van der Waals surface area contributed by atoms with Crippen molar-refractivity contribution in [3.63, 3.8) is 0 Å². The van der Waals surface area contributed by atoms with E-state index in [-0.39, 0.29) is 0 Å². The first-order valence-electron chi connectivity index (χ1n) is 5.29. The van der Waals surface area contributed by atoms with Crippen molar-refractivity contribution in [2.45, 2.75) is 13.0 Å². The molecule has 1 aliphatic heterocycles. The minimum absolute atomic E-state index is 0.561. The Hall–Kier alpha value is 0.360. The van der Waals surface area contributed by atoms with Gasteiger partial charge in [0.25, 0.3) is 0 Å². The van der Waals surface area contributed by atoms with Crippen molar-refractivity contribution in [2.75, 3.05) is 51.8 Å². The lowest BCUT2D eigenvalue weighted by molar-refractivity contribution is 0.0594. The van der Waals surface area contributed by atoms with Crippen LogP contribution in [0.3, 0.4) is 0 Å². The number of hydrogen-bond donors (Lipinski definition) is 0. The Kier molecular flexibility index (Phi) is 6.01. The molecule has 1 atom stereocenters. The van der Waals surface area contributed by atoms with Crippen LogP contribution >= 0.6 is 15.9 Å². The number of piperazine rings is 1. The summed E-state index contributed by atoms with van der Waals surface area (Å²) < 4.78 is 5.17. The smallest absolute Gasteiger partial charge is 0.0615 e. The molecule has 4 heteroatoms. The molecule has 84 valence electrons. The van der Waals surface area contributed by atoms with Gasteiger partial charge in [0.1, 0.15) is 0 Å². The molecule has 0 N–H and O–H groups in total. The summed E-state index contributed by atoms with van der Waals surface area (Å²) in [5.41, 5.74) is 0. The van der Waals surface area contributed by atoms with Gasteiger partial charge in [0.2, 0.25) is 0 Å². The van der Waals surface area contributed by atoms with E-state index in [0.29, 0.717) is 6.04 Å². The quantitative estimate of drug-likeness (QED) is 0.691. The minimum atomic E-state index is 0.561. The molecule has 1 saturated heterocycles. The second-order valence-corrected chi connectivity index (χ2v) is 4.66. The molecule has 0 aliphatic carbocycles. The third kappa shape index (κ3) is 3.85. The molecule has 1 heterocycles. The number of ether oxygens (including phenoxy) is 1. The third-order valence-corrected chi connectivity index (χ3v) is 3.19. The molecule has 0 radical (unpaired) electrons. The molecule has 0 aromatic heterocycles. The highest BCUT2D eigenvalue weighted by atomic mass is 79.9. The van der Waals surface area contributed by atoms with Gasteiger partial charge in [0, 0.05) is 51.2 Å². The number of rotatable bonds is 5. The van der Waals surface area contributed by atoms with Crippen LogP contribution in [-0.2, 0) is 4.74 Å². The highest BCUT2D eigenvalue weighted by Gasteiger charge is 2.20. The van der Waals surface area contributed by atoms with Gasteiger partial charge in [0.05, 0.1) is 6.61 Å². The Morgan fingerprint density at radius 1 is 1.29 bits per heavy atom. The van der Waals surface area contributed by atoms with Gasteiger partial charge in [-0.05, 0) is 6.92 Å². The van der Waals surface area contributed by atoms with E-state index in [0.717, 1.165) is 11.9 Å². The fraction of sp³-hybridized carbons (Fsp3) is 1.00.